The standard InChI is InChI=1S/C38H46N2/c1-13-15-19-25(3)39(12)34-23-22-33-36(27(34)5)38(11,24-37(33,9)10)28(6)26(4)29(7)40-30(8)31(18-14-2)32-20-16-17-21-35(32)40/h13-23H,1,3,6,24H2,2,4-5,7-12H3/b18-14-,19-15-,29-26+. The molecule has 0 spiro atoms. The molecule has 1 heterocycles. The van der Waals surface area contributed by atoms with Crippen LogP contribution in [0.5, 0.6) is 0 Å². The number of likely N-dealkylation sites (N-methyl/N-ethyl adjacent to an activating group) is 1. The van der Waals surface area contributed by atoms with Crippen LogP contribution in [-0.2, 0) is 10.8 Å². The summed E-state index contributed by atoms with van der Waals surface area (Å²) >= 11 is 0. The molecule has 0 bridgehead atoms. The molecule has 1 unspecified atom stereocenters. The maximum atomic E-state index is 4.82. The molecule has 0 N–H and O–H groups in total. The lowest BCUT2D eigenvalue weighted by Crippen LogP contribution is -2.26. The lowest BCUT2D eigenvalue weighted by atomic mass is 9.71. The number of rotatable bonds is 8. The molecule has 1 aromatic heterocycles. The number of fused-ring (bicyclic) bond motifs is 2. The average molecular weight is 531 g/mol. The fourth-order valence-electron chi connectivity index (χ4n) is 7.11. The summed E-state index contributed by atoms with van der Waals surface area (Å²) < 4.78 is 2.42. The Balaban J connectivity index is 1.89. The smallest absolute Gasteiger partial charge is 0.0534 e. The fourth-order valence-corrected chi connectivity index (χ4v) is 7.11. The van der Waals surface area contributed by atoms with Crippen LogP contribution < -0.4 is 4.90 Å². The minimum atomic E-state index is -0.202. The molecule has 3 aromatic rings. The number of nitrogens with zero attached hydrogens (tertiary/aromatic N) is 2. The van der Waals surface area contributed by atoms with Crippen LogP contribution in [0.15, 0.2) is 97.3 Å². The molecule has 0 radical (unpaired) electrons. The van der Waals surface area contributed by atoms with Crippen molar-refractivity contribution in [3.05, 3.63) is 125 Å². The number of allylic oxidation sites excluding steroid dienone is 7. The molecule has 208 valence electrons. The predicted octanol–water partition coefficient (Wildman–Crippen LogP) is 10.4. The van der Waals surface area contributed by atoms with Gasteiger partial charge in [0.1, 0.15) is 0 Å². The number of hydrogen-bond donors (Lipinski definition) is 0. The van der Waals surface area contributed by atoms with Gasteiger partial charge in [-0.15, -0.1) is 0 Å². The normalized spacial score (nSPS) is 18.8. The van der Waals surface area contributed by atoms with Gasteiger partial charge in [-0.1, -0.05) is 89.1 Å². The van der Waals surface area contributed by atoms with Gasteiger partial charge in [0.25, 0.3) is 0 Å². The van der Waals surface area contributed by atoms with Crippen molar-refractivity contribution in [1.29, 1.82) is 0 Å². The largest absolute Gasteiger partial charge is 0.345 e. The summed E-state index contributed by atoms with van der Waals surface area (Å²) in [5, 5.41) is 1.28. The first kappa shape index (κ1) is 29.2. The molecule has 1 aliphatic rings. The molecule has 2 aromatic carbocycles. The van der Waals surface area contributed by atoms with E-state index in [-0.39, 0.29) is 10.8 Å². The summed E-state index contributed by atoms with van der Waals surface area (Å²) in [6, 6.07) is 13.3. The summed E-state index contributed by atoms with van der Waals surface area (Å²) in [5.74, 6) is 0. The van der Waals surface area contributed by atoms with Gasteiger partial charge in [0.15, 0.2) is 0 Å². The van der Waals surface area contributed by atoms with Crippen LogP contribution in [0.1, 0.15) is 75.9 Å². The second kappa shape index (κ2) is 10.7. The van der Waals surface area contributed by atoms with Gasteiger partial charge in [-0.05, 0) is 92.5 Å². The molecule has 2 nitrogen and oxygen atoms in total. The second-order valence-corrected chi connectivity index (χ2v) is 12.2. The molecule has 40 heavy (non-hydrogen) atoms. The topological polar surface area (TPSA) is 8.17 Å². The second-order valence-electron chi connectivity index (χ2n) is 12.2. The lowest BCUT2D eigenvalue weighted by Gasteiger charge is -2.34. The molecular formula is C38H46N2. The van der Waals surface area contributed by atoms with Crippen LogP contribution in [0.25, 0.3) is 22.7 Å². The molecule has 4 rings (SSSR count). The van der Waals surface area contributed by atoms with E-state index in [0.29, 0.717) is 0 Å². The van der Waals surface area contributed by atoms with Crippen LogP contribution in [0, 0.1) is 13.8 Å². The van der Waals surface area contributed by atoms with E-state index in [9.17, 15) is 0 Å². The summed E-state index contributed by atoms with van der Waals surface area (Å²) in [5.41, 5.74) is 13.5. The molecule has 0 saturated heterocycles. The Labute approximate surface area is 242 Å². The van der Waals surface area contributed by atoms with Crippen molar-refractivity contribution in [2.24, 2.45) is 0 Å². The molecule has 0 aliphatic heterocycles. The van der Waals surface area contributed by atoms with E-state index >= 15 is 0 Å². The van der Waals surface area contributed by atoms with Gasteiger partial charge >= 0.3 is 0 Å². The van der Waals surface area contributed by atoms with Gasteiger partial charge < -0.3 is 9.47 Å². The van der Waals surface area contributed by atoms with E-state index in [1.54, 1.807) is 6.08 Å². The monoisotopic (exact) mass is 530 g/mol. The van der Waals surface area contributed by atoms with Crippen LogP contribution >= 0.6 is 0 Å². The zero-order chi connectivity index (χ0) is 29.6. The third kappa shape index (κ3) is 4.54. The van der Waals surface area contributed by atoms with Crippen molar-refractivity contribution in [1.82, 2.24) is 4.57 Å². The maximum absolute atomic E-state index is 4.82. The Bertz CT molecular complexity index is 1610. The van der Waals surface area contributed by atoms with Gasteiger partial charge in [-0.2, -0.15) is 0 Å². The summed E-state index contributed by atoms with van der Waals surface area (Å²) in [7, 11) is 2.09. The van der Waals surface area contributed by atoms with Gasteiger partial charge in [-0.25, -0.2) is 0 Å². The Morgan fingerprint density at radius 1 is 1.02 bits per heavy atom. The van der Waals surface area contributed by atoms with Gasteiger partial charge in [0.05, 0.1) is 5.52 Å². The molecular weight excluding hydrogens is 484 g/mol. The van der Waals surface area contributed by atoms with Crippen molar-refractivity contribution in [2.75, 3.05) is 11.9 Å². The quantitative estimate of drug-likeness (QED) is 0.263. The number of para-hydroxylation sites is 1. The minimum Gasteiger partial charge on any atom is -0.345 e. The molecule has 0 amide bonds. The van der Waals surface area contributed by atoms with E-state index in [0.717, 1.165) is 12.1 Å². The van der Waals surface area contributed by atoms with Crippen molar-refractivity contribution < 1.29 is 0 Å². The first-order valence-corrected chi connectivity index (χ1v) is 14.3. The summed E-state index contributed by atoms with van der Waals surface area (Å²) in [4.78, 5) is 2.18. The third-order valence-electron chi connectivity index (χ3n) is 9.22. The highest BCUT2D eigenvalue weighted by Gasteiger charge is 2.48. The van der Waals surface area contributed by atoms with Crippen molar-refractivity contribution in [2.45, 2.75) is 72.6 Å². The summed E-state index contributed by atoms with van der Waals surface area (Å²) in [6.07, 6.45) is 11.1. The van der Waals surface area contributed by atoms with Gasteiger partial charge in [0, 0.05) is 46.2 Å². The molecule has 2 heteroatoms. The van der Waals surface area contributed by atoms with Crippen molar-refractivity contribution in [3.63, 3.8) is 0 Å². The highest BCUT2D eigenvalue weighted by Crippen LogP contribution is 2.56. The van der Waals surface area contributed by atoms with Crippen LogP contribution in [0.4, 0.5) is 5.69 Å². The first-order valence-electron chi connectivity index (χ1n) is 14.3. The molecule has 1 atom stereocenters. The van der Waals surface area contributed by atoms with Gasteiger partial charge in [-0.3, -0.25) is 0 Å². The van der Waals surface area contributed by atoms with Crippen LogP contribution in [-0.4, -0.2) is 11.6 Å². The summed E-state index contributed by atoms with van der Waals surface area (Å²) in [6.45, 7) is 31.1. The Kier molecular flexibility index (Phi) is 7.78. The minimum absolute atomic E-state index is 0.0397. The highest BCUT2D eigenvalue weighted by molar-refractivity contribution is 5.94. The fraction of sp³-hybridized carbons (Fsp3) is 0.316. The number of anilines is 1. The molecule has 0 saturated carbocycles. The van der Waals surface area contributed by atoms with E-state index in [4.69, 9.17) is 6.58 Å². The zero-order valence-corrected chi connectivity index (χ0v) is 26.1. The predicted molar refractivity (Wildman–Crippen MR) is 178 cm³/mol. The van der Waals surface area contributed by atoms with Crippen molar-refractivity contribution >= 4 is 28.4 Å². The van der Waals surface area contributed by atoms with E-state index in [2.05, 4.69) is 134 Å². The molecule has 1 aliphatic carbocycles. The lowest BCUT2D eigenvalue weighted by molar-refractivity contribution is 0.422. The Morgan fingerprint density at radius 2 is 1.70 bits per heavy atom. The SMILES string of the molecule is C=C/C=C\C(=C)N(C)c1ccc2c(c1C)C(C)(C(=C)/C(C)=C(\C)n1c(C)c(/C=C\C)c3ccccc31)CC2(C)C. The molecule has 0 fully saturated rings. The van der Waals surface area contributed by atoms with E-state index in [1.165, 1.54) is 61.4 Å². The van der Waals surface area contributed by atoms with Crippen molar-refractivity contribution in [3.8, 4) is 0 Å². The first-order chi connectivity index (χ1) is 18.8. The van der Waals surface area contributed by atoms with E-state index in [1.807, 2.05) is 12.2 Å². The maximum Gasteiger partial charge on any atom is 0.0534 e. The third-order valence-corrected chi connectivity index (χ3v) is 9.22. The van der Waals surface area contributed by atoms with Crippen LogP contribution in [0.3, 0.4) is 0 Å². The average Bonchev–Trinajstić information content (AvgIpc) is 3.32. The van der Waals surface area contributed by atoms with Crippen LogP contribution in [0.2, 0.25) is 0 Å². The van der Waals surface area contributed by atoms with E-state index < -0.39 is 0 Å². The number of aromatic nitrogens is 1. The Morgan fingerprint density at radius 3 is 2.35 bits per heavy atom. The van der Waals surface area contributed by atoms with Gasteiger partial charge in [0.2, 0.25) is 0 Å². The Hall–Kier alpha value is -3.78. The number of hydrogen-bond acceptors (Lipinski definition) is 1. The number of benzene rings is 2. The zero-order valence-electron chi connectivity index (χ0n) is 26.1. The highest BCUT2D eigenvalue weighted by atomic mass is 15.1.